The molecule has 4 aromatic heterocycles. The fourth-order valence-electron chi connectivity index (χ4n) is 3.84. The fraction of sp³-hybridized carbons (Fsp3) is 0.391. The average molecular weight is 436 g/mol. The lowest BCUT2D eigenvalue weighted by atomic mass is 10.1. The Bertz CT molecular complexity index is 1300. The van der Waals surface area contributed by atoms with E-state index in [9.17, 15) is 9.18 Å². The van der Waals surface area contributed by atoms with Gasteiger partial charge >= 0.3 is 0 Å². The number of anilines is 1. The molecular weight excluding hydrogens is 409 g/mol. The summed E-state index contributed by atoms with van der Waals surface area (Å²) in [6.07, 6.45) is 9.51. The highest BCUT2D eigenvalue weighted by Gasteiger charge is 2.28. The number of carbonyl (C=O) groups excluding carboxylic acids is 1. The number of nitrogens with one attached hydrogen (secondary N) is 3. The zero-order valence-corrected chi connectivity index (χ0v) is 18.3. The van der Waals surface area contributed by atoms with E-state index in [2.05, 4.69) is 37.6 Å². The van der Waals surface area contributed by atoms with Crippen LogP contribution in [0.1, 0.15) is 44.0 Å². The van der Waals surface area contributed by atoms with Gasteiger partial charge in [-0.1, -0.05) is 0 Å². The second-order valence-electron chi connectivity index (χ2n) is 9.13. The van der Waals surface area contributed by atoms with Crippen molar-refractivity contribution in [2.75, 3.05) is 11.9 Å². The first-order chi connectivity index (χ1) is 15.3. The largest absolute Gasteiger partial charge is 0.351 e. The number of fused-ring (bicyclic) bond motifs is 2. The van der Waals surface area contributed by atoms with Gasteiger partial charge in [-0.05, 0) is 57.2 Å². The molecule has 0 spiro atoms. The average Bonchev–Trinajstić information content (AvgIpc) is 3.39. The second-order valence-corrected chi connectivity index (χ2v) is 9.13. The van der Waals surface area contributed by atoms with Crippen molar-refractivity contribution in [3.63, 3.8) is 0 Å². The Hall–Kier alpha value is -3.49. The molecule has 8 nitrogen and oxygen atoms in total. The predicted octanol–water partition coefficient (Wildman–Crippen LogP) is 3.96. The van der Waals surface area contributed by atoms with Gasteiger partial charge in [-0.3, -0.25) is 4.79 Å². The standard InChI is InChI=1S/C23H26FN7O/c1-13(14-4-5-14)29-22-26-10-17-16(9-25-20(17)30-22)15-6-7-31-19(8-15)18(11-28-31)21(32)27-12-23(2,3)24/h6-11,13-14H,4-5,12H2,1-3H3,(H,27,32)(H2,25,26,29,30)/t13-/m1/s1. The van der Waals surface area contributed by atoms with Crippen molar-refractivity contribution >= 4 is 28.4 Å². The third-order valence-corrected chi connectivity index (χ3v) is 5.86. The predicted molar refractivity (Wildman–Crippen MR) is 121 cm³/mol. The van der Waals surface area contributed by atoms with E-state index in [-0.39, 0.29) is 12.5 Å². The van der Waals surface area contributed by atoms with E-state index in [1.807, 2.05) is 24.5 Å². The van der Waals surface area contributed by atoms with Crippen molar-refractivity contribution in [3.05, 3.63) is 42.5 Å². The van der Waals surface area contributed by atoms with Gasteiger partial charge < -0.3 is 15.6 Å². The maximum Gasteiger partial charge on any atom is 0.255 e. The lowest BCUT2D eigenvalue weighted by Crippen LogP contribution is -2.35. The molecule has 0 bridgehead atoms. The molecule has 3 N–H and O–H groups in total. The lowest BCUT2D eigenvalue weighted by molar-refractivity contribution is 0.0922. The number of aromatic nitrogens is 5. The van der Waals surface area contributed by atoms with Crippen molar-refractivity contribution < 1.29 is 9.18 Å². The van der Waals surface area contributed by atoms with Gasteiger partial charge in [0.05, 0.1) is 23.8 Å². The molecule has 0 unspecified atom stereocenters. The molecule has 5 rings (SSSR count). The number of hydrogen-bond donors (Lipinski definition) is 3. The maximum atomic E-state index is 13.8. The molecule has 1 aliphatic carbocycles. The highest BCUT2D eigenvalue weighted by Crippen LogP contribution is 2.34. The highest BCUT2D eigenvalue weighted by molar-refractivity contribution is 6.02. The third-order valence-electron chi connectivity index (χ3n) is 5.86. The molecule has 0 radical (unpaired) electrons. The summed E-state index contributed by atoms with van der Waals surface area (Å²) in [5.41, 5.74) is 2.13. The summed E-state index contributed by atoms with van der Waals surface area (Å²) in [7, 11) is 0. The summed E-state index contributed by atoms with van der Waals surface area (Å²) >= 11 is 0. The van der Waals surface area contributed by atoms with E-state index in [0.717, 1.165) is 22.2 Å². The number of halogens is 1. The van der Waals surface area contributed by atoms with Gasteiger partial charge in [0.2, 0.25) is 5.95 Å². The van der Waals surface area contributed by atoms with Gasteiger partial charge in [0, 0.05) is 35.6 Å². The Kier molecular flexibility index (Phi) is 4.83. The Labute approximate surface area is 184 Å². The van der Waals surface area contributed by atoms with Gasteiger partial charge in [-0.25, -0.2) is 13.9 Å². The van der Waals surface area contributed by atoms with Crippen molar-refractivity contribution in [1.29, 1.82) is 0 Å². The highest BCUT2D eigenvalue weighted by atomic mass is 19.1. The fourth-order valence-corrected chi connectivity index (χ4v) is 3.84. The van der Waals surface area contributed by atoms with Crippen molar-refractivity contribution in [1.82, 2.24) is 29.9 Å². The molecule has 1 atom stereocenters. The van der Waals surface area contributed by atoms with E-state index >= 15 is 0 Å². The van der Waals surface area contributed by atoms with Crippen molar-refractivity contribution in [3.8, 4) is 11.1 Å². The molecule has 9 heteroatoms. The van der Waals surface area contributed by atoms with Crippen molar-refractivity contribution in [2.24, 2.45) is 5.92 Å². The summed E-state index contributed by atoms with van der Waals surface area (Å²) in [4.78, 5) is 24.9. The Balaban J connectivity index is 1.44. The number of nitrogens with zero attached hydrogens (tertiary/aromatic N) is 4. The van der Waals surface area contributed by atoms with Crippen LogP contribution in [0.15, 0.2) is 36.9 Å². The number of carbonyl (C=O) groups is 1. The molecule has 32 heavy (non-hydrogen) atoms. The summed E-state index contributed by atoms with van der Waals surface area (Å²) in [6, 6.07) is 4.18. The molecule has 0 saturated heterocycles. The molecule has 1 amide bonds. The van der Waals surface area contributed by atoms with Crippen LogP contribution in [0.2, 0.25) is 0 Å². The summed E-state index contributed by atoms with van der Waals surface area (Å²) < 4.78 is 15.4. The Morgan fingerprint density at radius 3 is 2.94 bits per heavy atom. The van der Waals surface area contributed by atoms with Crippen LogP contribution in [0.4, 0.5) is 10.3 Å². The molecule has 1 fully saturated rings. The van der Waals surface area contributed by atoms with E-state index < -0.39 is 5.67 Å². The first-order valence-corrected chi connectivity index (χ1v) is 10.8. The molecular formula is C23H26FN7O. The normalized spacial score (nSPS) is 15.2. The van der Waals surface area contributed by atoms with Gasteiger partial charge in [-0.15, -0.1) is 0 Å². The van der Waals surface area contributed by atoms with Crippen LogP contribution in [0.5, 0.6) is 0 Å². The zero-order valence-electron chi connectivity index (χ0n) is 18.3. The third kappa shape index (κ3) is 4.02. The first kappa shape index (κ1) is 20.4. The quantitative estimate of drug-likeness (QED) is 0.408. The number of rotatable bonds is 7. The zero-order chi connectivity index (χ0) is 22.5. The monoisotopic (exact) mass is 435 g/mol. The van der Waals surface area contributed by atoms with Gasteiger partial charge in [0.1, 0.15) is 11.3 Å². The molecule has 0 aromatic carbocycles. The summed E-state index contributed by atoms with van der Waals surface area (Å²) in [6.45, 7) is 4.94. The maximum absolute atomic E-state index is 13.8. The minimum atomic E-state index is -1.49. The molecule has 4 heterocycles. The van der Waals surface area contributed by atoms with Crippen LogP contribution in [0.25, 0.3) is 27.7 Å². The van der Waals surface area contributed by atoms with Crippen LogP contribution in [0, 0.1) is 5.92 Å². The number of hydrogen-bond acceptors (Lipinski definition) is 5. The van der Waals surface area contributed by atoms with E-state index in [0.29, 0.717) is 29.0 Å². The summed E-state index contributed by atoms with van der Waals surface area (Å²) in [5.74, 6) is 0.968. The second kappa shape index (κ2) is 7.58. The van der Waals surface area contributed by atoms with Gasteiger partial charge in [-0.2, -0.15) is 10.1 Å². The van der Waals surface area contributed by atoms with Crippen LogP contribution in [-0.2, 0) is 0 Å². The SMILES string of the molecule is C[C@@H](Nc1ncc2c(-c3ccn4ncc(C(=O)NCC(C)(C)F)c4c3)c[nH]c2n1)C1CC1. The Morgan fingerprint density at radius 1 is 1.38 bits per heavy atom. The number of pyridine rings is 1. The van der Waals surface area contributed by atoms with E-state index in [1.165, 1.54) is 32.9 Å². The van der Waals surface area contributed by atoms with Gasteiger partial charge in [0.15, 0.2) is 0 Å². The number of alkyl halides is 1. The van der Waals surface area contributed by atoms with Crippen LogP contribution >= 0.6 is 0 Å². The smallest absolute Gasteiger partial charge is 0.255 e. The van der Waals surface area contributed by atoms with Gasteiger partial charge in [0.25, 0.3) is 5.91 Å². The first-order valence-electron chi connectivity index (χ1n) is 10.8. The minimum absolute atomic E-state index is 0.0710. The molecule has 1 saturated carbocycles. The van der Waals surface area contributed by atoms with Crippen LogP contribution in [-0.4, -0.2) is 48.7 Å². The summed E-state index contributed by atoms with van der Waals surface area (Å²) in [5, 5.41) is 11.2. The van der Waals surface area contributed by atoms with Crippen molar-refractivity contribution in [2.45, 2.75) is 45.3 Å². The number of aromatic amines is 1. The molecule has 4 aromatic rings. The number of H-pyrrole nitrogens is 1. The van der Waals surface area contributed by atoms with Crippen LogP contribution in [0.3, 0.4) is 0 Å². The molecule has 166 valence electrons. The Morgan fingerprint density at radius 2 is 2.19 bits per heavy atom. The molecule has 0 aliphatic heterocycles. The van der Waals surface area contributed by atoms with E-state index in [1.54, 1.807) is 10.7 Å². The molecule has 1 aliphatic rings. The lowest BCUT2D eigenvalue weighted by Gasteiger charge is -2.14. The minimum Gasteiger partial charge on any atom is -0.351 e. The van der Waals surface area contributed by atoms with E-state index in [4.69, 9.17) is 0 Å². The van der Waals surface area contributed by atoms with Crippen LogP contribution < -0.4 is 10.6 Å². The number of amides is 1. The topological polar surface area (TPSA) is 100 Å².